The summed E-state index contributed by atoms with van der Waals surface area (Å²) in [5.41, 5.74) is 21.3. The van der Waals surface area contributed by atoms with E-state index in [0.29, 0.717) is 43.3 Å². The Hall–Kier alpha value is -7.19. The largest absolute Gasteiger partial charge is 0.496 e. The zero-order valence-corrected chi connectivity index (χ0v) is 36.9. The molecule has 0 saturated carbocycles. The van der Waals surface area contributed by atoms with E-state index in [9.17, 15) is 28.8 Å². The lowest BCUT2D eigenvalue weighted by Gasteiger charge is -2.10. The van der Waals surface area contributed by atoms with Gasteiger partial charge in [-0.05, 0) is 81.9 Å². The smallest absolute Gasteiger partial charge is 0.251 e. The Morgan fingerprint density at radius 2 is 1.12 bits per heavy atom. The maximum Gasteiger partial charge on any atom is 0.251 e. The van der Waals surface area contributed by atoms with Crippen LogP contribution in [-0.4, -0.2) is 52.5 Å². The molecular formula is C45H44N8O7S4. The molecule has 8 aromatic rings. The molecule has 0 spiro atoms. The number of primary amides is 3. The van der Waals surface area contributed by atoms with Crippen molar-refractivity contribution in [3.63, 3.8) is 0 Å². The van der Waals surface area contributed by atoms with E-state index in [1.54, 1.807) is 52.8 Å². The summed E-state index contributed by atoms with van der Waals surface area (Å²) in [5, 5.41) is 17.8. The van der Waals surface area contributed by atoms with Crippen molar-refractivity contribution in [2.24, 2.45) is 17.2 Å². The first-order chi connectivity index (χ1) is 30.3. The molecule has 0 unspecified atom stereocenters. The Balaban J connectivity index is 0.000000179. The van der Waals surface area contributed by atoms with Crippen LogP contribution in [0.1, 0.15) is 61.0 Å². The number of carbonyl (C=O) groups excluding carboxylic acids is 6. The molecule has 0 aliphatic carbocycles. The van der Waals surface area contributed by atoms with Crippen molar-refractivity contribution in [2.45, 2.75) is 33.6 Å². The van der Waals surface area contributed by atoms with Gasteiger partial charge in [-0.1, -0.05) is 55.5 Å². The molecule has 6 amide bonds. The van der Waals surface area contributed by atoms with Gasteiger partial charge >= 0.3 is 0 Å². The fourth-order valence-corrected chi connectivity index (χ4v) is 9.50. The highest BCUT2D eigenvalue weighted by molar-refractivity contribution is 7.17. The molecule has 10 N–H and O–H groups in total. The Morgan fingerprint density at radius 3 is 1.66 bits per heavy atom. The highest BCUT2D eigenvalue weighted by Crippen LogP contribution is 2.28. The number of amides is 6. The third-order valence-corrected chi connectivity index (χ3v) is 12.5. The molecule has 0 bridgehead atoms. The summed E-state index contributed by atoms with van der Waals surface area (Å²) in [7, 11) is 1.57. The quantitative estimate of drug-likeness (QED) is 0.0593. The van der Waals surface area contributed by atoms with E-state index in [0.717, 1.165) is 37.8 Å². The Kier molecular flexibility index (Phi) is 16.6. The van der Waals surface area contributed by atoms with Gasteiger partial charge in [-0.15, -0.1) is 45.3 Å². The van der Waals surface area contributed by atoms with Crippen LogP contribution in [0.15, 0.2) is 106 Å². The van der Waals surface area contributed by atoms with Crippen molar-refractivity contribution in [3.05, 3.63) is 146 Å². The van der Waals surface area contributed by atoms with Gasteiger partial charge in [0.1, 0.15) is 26.6 Å². The van der Waals surface area contributed by atoms with E-state index in [1.165, 1.54) is 34.0 Å². The third-order valence-electron chi connectivity index (χ3n) is 9.02. The zero-order valence-electron chi connectivity index (χ0n) is 33.7. The predicted molar refractivity (Wildman–Crippen MR) is 258 cm³/mol. The minimum atomic E-state index is -0.560. The second-order valence-electron chi connectivity index (χ2n) is 13.5. The molecule has 5 heterocycles. The molecule has 5 aromatic heterocycles. The standard InChI is InChI=1S/C15H16N2O3S.C15H12N2O2S2.C14H12N4O2S.CH4/c1-9-3-4-12(20-2)10(7-9)8-13(18)17-15-11(14(16)19)5-6-21-15;16-14(19)11-5-6-20-15(11)17-13(18)7-9-8-21-12-4-2-1-3-10(9)12;15-13(20)8-5-6-21-14(8)18-12(19)7-11-16-9-3-1-2-4-10(9)17-11;/h3-7H,8H2,1-2H3,(H2,16,19)(H,17,18);1-6,8H,7H2,(H2,16,19)(H,17,18);1-6H,7H2,(H2,15,20)(H,16,17)(H,18,19);1H4. The van der Waals surface area contributed by atoms with Gasteiger partial charge in [0.05, 0.1) is 54.1 Å². The molecule has 0 saturated heterocycles. The number of aryl methyl sites for hydroxylation is 1. The second kappa shape index (κ2) is 22.2. The summed E-state index contributed by atoms with van der Waals surface area (Å²) in [5.74, 6) is -1.03. The van der Waals surface area contributed by atoms with Gasteiger partial charge in [-0.2, -0.15) is 0 Å². The molecule has 64 heavy (non-hydrogen) atoms. The zero-order chi connectivity index (χ0) is 45.0. The molecule has 19 heteroatoms. The topological polar surface area (TPSA) is 254 Å². The van der Waals surface area contributed by atoms with Gasteiger partial charge in [0, 0.05) is 10.3 Å². The molecule has 15 nitrogen and oxygen atoms in total. The van der Waals surface area contributed by atoms with Crippen molar-refractivity contribution in [1.29, 1.82) is 0 Å². The van der Waals surface area contributed by atoms with Crippen molar-refractivity contribution < 1.29 is 33.5 Å². The summed E-state index contributed by atoms with van der Waals surface area (Å²) in [6.45, 7) is 1.95. The Bertz CT molecular complexity index is 2900. The molecule has 3 aromatic carbocycles. The number of aromatic nitrogens is 2. The van der Waals surface area contributed by atoms with Crippen LogP contribution in [0.4, 0.5) is 15.0 Å². The molecule has 0 atom stereocenters. The fraction of sp³-hybridized carbons (Fsp3) is 0.133. The third kappa shape index (κ3) is 12.5. The number of anilines is 3. The van der Waals surface area contributed by atoms with Gasteiger partial charge in [0.15, 0.2) is 0 Å². The number of nitrogens with zero attached hydrogens (tertiary/aromatic N) is 1. The number of benzene rings is 3. The minimum absolute atomic E-state index is 0. The summed E-state index contributed by atoms with van der Waals surface area (Å²) in [4.78, 5) is 77.4. The van der Waals surface area contributed by atoms with E-state index in [2.05, 4.69) is 25.9 Å². The number of rotatable bonds is 13. The first kappa shape index (κ1) is 47.9. The first-order valence-corrected chi connectivity index (χ1v) is 22.3. The van der Waals surface area contributed by atoms with Gasteiger partial charge in [0.2, 0.25) is 17.7 Å². The number of nitrogens with two attached hydrogens (primary N) is 3. The Morgan fingerprint density at radius 1 is 0.625 bits per heavy atom. The van der Waals surface area contributed by atoms with Crippen LogP contribution in [-0.2, 0) is 33.6 Å². The van der Waals surface area contributed by atoms with Crippen LogP contribution < -0.4 is 37.9 Å². The van der Waals surface area contributed by atoms with Crippen molar-refractivity contribution in [1.82, 2.24) is 9.97 Å². The normalized spacial score (nSPS) is 10.3. The first-order valence-electron chi connectivity index (χ1n) is 18.8. The van der Waals surface area contributed by atoms with Crippen molar-refractivity contribution in [3.8, 4) is 5.75 Å². The van der Waals surface area contributed by atoms with E-state index in [-0.39, 0.29) is 44.4 Å². The van der Waals surface area contributed by atoms with Crippen LogP contribution in [0, 0.1) is 6.92 Å². The molecule has 8 rings (SSSR count). The van der Waals surface area contributed by atoms with Gasteiger partial charge in [0.25, 0.3) is 17.7 Å². The van der Waals surface area contributed by atoms with Crippen molar-refractivity contribution >= 4 is 117 Å². The van der Waals surface area contributed by atoms with E-state index < -0.39 is 17.7 Å². The fourth-order valence-electron chi connectivity index (χ4n) is 6.12. The molecule has 0 fully saturated rings. The number of methoxy groups -OCH3 is 1. The van der Waals surface area contributed by atoms with E-state index >= 15 is 0 Å². The number of hydrogen-bond donors (Lipinski definition) is 7. The van der Waals surface area contributed by atoms with Crippen LogP contribution in [0.3, 0.4) is 0 Å². The number of para-hydroxylation sites is 2. The number of ether oxygens (including phenoxy) is 1. The summed E-state index contributed by atoms with van der Waals surface area (Å²) >= 11 is 5.44. The Labute approximate surface area is 383 Å². The lowest BCUT2D eigenvalue weighted by Crippen LogP contribution is -2.18. The van der Waals surface area contributed by atoms with E-state index in [1.807, 2.05) is 79.0 Å². The number of thiophene rings is 4. The average molecular weight is 937 g/mol. The molecule has 0 aliphatic heterocycles. The number of carbonyl (C=O) groups is 6. The highest BCUT2D eigenvalue weighted by atomic mass is 32.1. The van der Waals surface area contributed by atoms with Crippen LogP contribution in [0.25, 0.3) is 21.1 Å². The second-order valence-corrected chi connectivity index (χ2v) is 17.2. The lowest BCUT2D eigenvalue weighted by atomic mass is 10.1. The number of imidazole rings is 1. The average Bonchev–Trinajstić information content (AvgIpc) is 4.10. The monoisotopic (exact) mass is 936 g/mol. The molecular weight excluding hydrogens is 893 g/mol. The lowest BCUT2D eigenvalue weighted by molar-refractivity contribution is -0.116. The molecule has 0 radical (unpaired) electrons. The maximum absolute atomic E-state index is 12.1. The number of fused-ring (bicyclic) bond motifs is 2. The number of H-pyrrole nitrogens is 1. The summed E-state index contributed by atoms with van der Waals surface area (Å²) < 4.78 is 6.41. The summed E-state index contributed by atoms with van der Waals surface area (Å²) in [6.07, 6.45) is 0.547. The number of hydrogen-bond acceptors (Lipinski definition) is 12. The predicted octanol–water partition coefficient (Wildman–Crippen LogP) is 8.13. The van der Waals surface area contributed by atoms with Crippen molar-refractivity contribution in [2.75, 3.05) is 23.1 Å². The van der Waals surface area contributed by atoms with Crippen LogP contribution >= 0.6 is 45.3 Å². The molecule has 330 valence electrons. The van der Waals surface area contributed by atoms with Gasteiger partial charge in [-0.3, -0.25) is 28.8 Å². The van der Waals surface area contributed by atoms with Gasteiger partial charge < -0.3 is 42.9 Å². The number of aromatic amines is 1. The van der Waals surface area contributed by atoms with Crippen LogP contribution in [0.5, 0.6) is 5.75 Å². The molecule has 0 aliphatic rings. The van der Waals surface area contributed by atoms with Crippen LogP contribution in [0.2, 0.25) is 0 Å². The minimum Gasteiger partial charge on any atom is -0.496 e. The SMILES string of the molecule is C.COc1ccc(C)cc1CC(=O)Nc1sccc1C(N)=O.NC(=O)c1ccsc1NC(=O)Cc1csc2ccccc12.NC(=O)c1ccsc1NC(=O)Cc1nc2ccccc2[nH]1. The van der Waals surface area contributed by atoms with Gasteiger partial charge in [-0.25, -0.2) is 4.98 Å². The maximum atomic E-state index is 12.1. The number of nitrogens with one attached hydrogen (secondary N) is 4. The van der Waals surface area contributed by atoms with E-state index in [4.69, 9.17) is 21.9 Å². The summed E-state index contributed by atoms with van der Waals surface area (Å²) in [6, 6.07) is 26.0. The highest BCUT2D eigenvalue weighted by Gasteiger charge is 2.17.